The first-order valence-electron chi connectivity index (χ1n) is 7.10. The van der Waals surface area contributed by atoms with Crippen LogP contribution in [-0.4, -0.2) is 44.7 Å². The normalized spacial score (nSPS) is 16.9. The summed E-state index contributed by atoms with van der Waals surface area (Å²) in [7, 11) is 1.73. The van der Waals surface area contributed by atoms with E-state index in [1.54, 1.807) is 7.11 Å². The maximum Gasteiger partial charge on any atom is 0.122 e. The quantitative estimate of drug-likeness (QED) is 0.878. The van der Waals surface area contributed by atoms with Gasteiger partial charge in [-0.1, -0.05) is 25.1 Å². The van der Waals surface area contributed by atoms with Crippen molar-refractivity contribution >= 4 is 6.08 Å². The smallest absolute Gasteiger partial charge is 0.122 e. The summed E-state index contributed by atoms with van der Waals surface area (Å²) < 4.78 is 5.35. The van der Waals surface area contributed by atoms with Crippen molar-refractivity contribution in [1.82, 2.24) is 10.2 Å². The van der Waals surface area contributed by atoms with E-state index in [0.717, 1.165) is 44.9 Å². The molecule has 1 heterocycles. The molecule has 3 heteroatoms. The summed E-state index contributed by atoms with van der Waals surface area (Å²) in [6.45, 7) is 7.70. The lowest BCUT2D eigenvalue weighted by Crippen LogP contribution is -2.43. The molecule has 1 aromatic carbocycles. The van der Waals surface area contributed by atoms with Crippen molar-refractivity contribution in [1.29, 1.82) is 0 Å². The van der Waals surface area contributed by atoms with Gasteiger partial charge in [0.05, 0.1) is 7.11 Å². The van der Waals surface area contributed by atoms with Crippen LogP contribution in [0.1, 0.15) is 18.1 Å². The fourth-order valence-electron chi connectivity index (χ4n) is 2.41. The highest BCUT2D eigenvalue weighted by atomic mass is 16.5. The van der Waals surface area contributed by atoms with Gasteiger partial charge >= 0.3 is 0 Å². The number of piperazine rings is 1. The third-order valence-corrected chi connectivity index (χ3v) is 3.57. The molecule has 0 bridgehead atoms. The second-order valence-corrected chi connectivity index (χ2v) is 4.88. The summed E-state index contributed by atoms with van der Waals surface area (Å²) >= 11 is 0. The molecule has 0 amide bonds. The summed E-state index contributed by atoms with van der Waals surface area (Å²) in [5.74, 6) is 0.988. The molecule has 0 aromatic heterocycles. The molecule has 1 aliphatic rings. The third-order valence-electron chi connectivity index (χ3n) is 3.57. The van der Waals surface area contributed by atoms with Gasteiger partial charge in [0.25, 0.3) is 0 Å². The molecule has 0 spiro atoms. The fraction of sp³-hybridized carbons (Fsp3) is 0.500. The molecule has 2 rings (SSSR count). The molecule has 104 valence electrons. The number of ether oxygens (including phenoxy) is 1. The molecule has 1 saturated heterocycles. The van der Waals surface area contributed by atoms with E-state index in [2.05, 4.69) is 47.5 Å². The van der Waals surface area contributed by atoms with Crippen LogP contribution in [0.2, 0.25) is 0 Å². The Morgan fingerprint density at radius 2 is 2.11 bits per heavy atom. The molecule has 0 radical (unpaired) electrons. The van der Waals surface area contributed by atoms with E-state index in [4.69, 9.17) is 4.74 Å². The Hall–Kier alpha value is -1.32. The van der Waals surface area contributed by atoms with Crippen LogP contribution in [0.5, 0.6) is 5.75 Å². The Morgan fingerprint density at radius 1 is 1.32 bits per heavy atom. The molecule has 1 N–H and O–H groups in total. The number of hydrogen-bond acceptors (Lipinski definition) is 3. The largest absolute Gasteiger partial charge is 0.496 e. The van der Waals surface area contributed by atoms with E-state index in [1.807, 2.05) is 0 Å². The minimum Gasteiger partial charge on any atom is -0.496 e. The van der Waals surface area contributed by atoms with E-state index in [1.165, 1.54) is 11.1 Å². The molecule has 0 atom stereocenters. The maximum atomic E-state index is 5.35. The molecule has 0 unspecified atom stereocenters. The highest BCUT2D eigenvalue weighted by Gasteiger charge is 2.06. The van der Waals surface area contributed by atoms with Crippen LogP contribution in [-0.2, 0) is 6.42 Å². The lowest BCUT2D eigenvalue weighted by molar-refractivity contribution is 0.265. The van der Waals surface area contributed by atoms with Crippen LogP contribution in [0, 0.1) is 0 Å². The van der Waals surface area contributed by atoms with Crippen molar-refractivity contribution in [3.05, 3.63) is 35.4 Å². The molecule has 3 nitrogen and oxygen atoms in total. The number of hydrogen-bond donors (Lipinski definition) is 1. The first kappa shape index (κ1) is 14.1. The lowest BCUT2D eigenvalue weighted by atomic mass is 10.1. The molecule has 19 heavy (non-hydrogen) atoms. The summed E-state index contributed by atoms with van der Waals surface area (Å²) in [6.07, 6.45) is 5.47. The van der Waals surface area contributed by atoms with Gasteiger partial charge in [0.2, 0.25) is 0 Å². The average molecular weight is 260 g/mol. The molecule has 0 saturated carbocycles. The SMILES string of the molecule is CCc1cc(/C=C/CN2CCNCC2)ccc1OC. The fourth-order valence-corrected chi connectivity index (χ4v) is 2.41. The zero-order chi connectivity index (χ0) is 13.5. The van der Waals surface area contributed by atoms with Crippen LogP contribution in [0.25, 0.3) is 6.08 Å². The number of rotatable bonds is 5. The van der Waals surface area contributed by atoms with Gasteiger partial charge in [0, 0.05) is 32.7 Å². The molecule has 1 fully saturated rings. The topological polar surface area (TPSA) is 24.5 Å². The predicted molar refractivity (Wildman–Crippen MR) is 80.7 cm³/mol. The van der Waals surface area contributed by atoms with E-state index >= 15 is 0 Å². The molecular formula is C16H24N2O. The van der Waals surface area contributed by atoms with Crippen LogP contribution < -0.4 is 10.1 Å². The molecule has 1 aliphatic heterocycles. The standard InChI is InChI=1S/C16H24N2O/c1-3-15-13-14(6-7-16(15)19-2)5-4-10-18-11-8-17-9-12-18/h4-7,13,17H,3,8-12H2,1-2H3/b5-4+. The molecule has 1 aromatic rings. The van der Waals surface area contributed by atoms with Gasteiger partial charge in [-0.2, -0.15) is 0 Å². The van der Waals surface area contributed by atoms with E-state index in [9.17, 15) is 0 Å². The van der Waals surface area contributed by atoms with Gasteiger partial charge in [-0.15, -0.1) is 0 Å². The first-order chi connectivity index (χ1) is 9.33. The summed E-state index contributed by atoms with van der Waals surface area (Å²) in [5, 5.41) is 3.37. The van der Waals surface area contributed by atoms with Crippen molar-refractivity contribution in [2.24, 2.45) is 0 Å². The zero-order valence-electron chi connectivity index (χ0n) is 12.0. The monoisotopic (exact) mass is 260 g/mol. The third kappa shape index (κ3) is 4.08. The zero-order valence-corrected chi connectivity index (χ0v) is 12.0. The Morgan fingerprint density at radius 3 is 2.79 bits per heavy atom. The molecular weight excluding hydrogens is 236 g/mol. The Bertz CT molecular complexity index is 423. The van der Waals surface area contributed by atoms with Crippen LogP contribution in [0.4, 0.5) is 0 Å². The van der Waals surface area contributed by atoms with Crippen LogP contribution in [0.3, 0.4) is 0 Å². The Labute approximate surface area is 116 Å². The number of nitrogens with one attached hydrogen (secondary N) is 1. The second kappa shape index (κ2) is 7.31. The van der Waals surface area contributed by atoms with Gasteiger partial charge in [-0.05, 0) is 29.7 Å². The summed E-state index contributed by atoms with van der Waals surface area (Å²) in [6, 6.07) is 6.39. The van der Waals surface area contributed by atoms with Crippen LogP contribution in [0.15, 0.2) is 24.3 Å². The second-order valence-electron chi connectivity index (χ2n) is 4.88. The highest BCUT2D eigenvalue weighted by Crippen LogP contribution is 2.20. The number of methoxy groups -OCH3 is 1. The van der Waals surface area contributed by atoms with Crippen molar-refractivity contribution in [2.75, 3.05) is 39.8 Å². The number of benzene rings is 1. The van der Waals surface area contributed by atoms with Gasteiger partial charge in [-0.3, -0.25) is 4.90 Å². The first-order valence-corrected chi connectivity index (χ1v) is 7.10. The number of aryl methyl sites for hydroxylation is 1. The minimum atomic E-state index is 0.988. The minimum absolute atomic E-state index is 0.988. The van der Waals surface area contributed by atoms with Crippen molar-refractivity contribution in [2.45, 2.75) is 13.3 Å². The Kier molecular flexibility index (Phi) is 5.43. The average Bonchev–Trinajstić information content (AvgIpc) is 2.48. The van der Waals surface area contributed by atoms with E-state index in [0.29, 0.717) is 0 Å². The lowest BCUT2D eigenvalue weighted by Gasteiger charge is -2.25. The van der Waals surface area contributed by atoms with Crippen LogP contribution >= 0.6 is 0 Å². The van der Waals surface area contributed by atoms with Crippen molar-refractivity contribution < 1.29 is 4.74 Å². The number of nitrogens with zero attached hydrogens (tertiary/aromatic N) is 1. The summed E-state index contributed by atoms with van der Waals surface area (Å²) in [5.41, 5.74) is 2.53. The van der Waals surface area contributed by atoms with Gasteiger partial charge in [0.15, 0.2) is 0 Å². The van der Waals surface area contributed by atoms with Crippen molar-refractivity contribution in [3.63, 3.8) is 0 Å². The maximum absolute atomic E-state index is 5.35. The van der Waals surface area contributed by atoms with E-state index in [-0.39, 0.29) is 0 Å². The predicted octanol–water partition coefficient (Wildman–Crippen LogP) is 2.18. The Balaban J connectivity index is 1.94. The van der Waals surface area contributed by atoms with Gasteiger partial charge < -0.3 is 10.1 Å². The molecule has 0 aliphatic carbocycles. The van der Waals surface area contributed by atoms with E-state index < -0.39 is 0 Å². The van der Waals surface area contributed by atoms with Gasteiger partial charge in [0.1, 0.15) is 5.75 Å². The summed E-state index contributed by atoms with van der Waals surface area (Å²) in [4.78, 5) is 2.47. The van der Waals surface area contributed by atoms with Gasteiger partial charge in [-0.25, -0.2) is 0 Å². The van der Waals surface area contributed by atoms with Crippen molar-refractivity contribution in [3.8, 4) is 5.75 Å². The highest BCUT2D eigenvalue weighted by molar-refractivity contribution is 5.53.